The second-order valence-corrected chi connectivity index (χ2v) is 5.32. The molecule has 0 bridgehead atoms. The molecule has 0 saturated carbocycles. The molecule has 1 aliphatic rings. The molecule has 1 aromatic rings. The third-order valence-electron chi connectivity index (χ3n) is 3.21. The van der Waals surface area contributed by atoms with E-state index in [1.54, 1.807) is 11.3 Å². The van der Waals surface area contributed by atoms with Crippen LogP contribution in [0.15, 0.2) is 11.6 Å². The fourth-order valence-corrected chi connectivity index (χ4v) is 3.11. The molecule has 0 spiro atoms. The number of aliphatic hydroxyl groups is 1. The van der Waals surface area contributed by atoms with E-state index in [2.05, 4.69) is 20.6 Å². The number of rotatable bonds is 6. The number of hydrogen-bond acceptors (Lipinski definition) is 5. The highest BCUT2D eigenvalue weighted by molar-refractivity contribution is 7.09. The molecule has 96 valence electrons. The van der Waals surface area contributed by atoms with Gasteiger partial charge in [0.25, 0.3) is 0 Å². The SMILES string of the molecule is OCCCCC(c1nccs1)N1CCNCC1. The van der Waals surface area contributed by atoms with Crippen molar-refractivity contribution in [1.29, 1.82) is 0 Å². The predicted molar refractivity (Wildman–Crippen MR) is 70.2 cm³/mol. The van der Waals surface area contributed by atoms with Gasteiger partial charge in [0.05, 0.1) is 6.04 Å². The minimum absolute atomic E-state index is 0.298. The van der Waals surface area contributed by atoms with Crippen LogP contribution in [0.1, 0.15) is 30.3 Å². The molecule has 1 unspecified atom stereocenters. The van der Waals surface area contributed by atoms with Crippen molar-refractivity contribution in [2.75, 3.05) is 32.8 Å². The average molecular weight is 255 g/mol. The van der Waals surface area contributed by atoms with Crippen LogP contribution >= 0.6 is 11.3 Å². The summed E-state index contributed by atoms with van der Waals surface area (Å²) in [6.07, 6.45) is 4.97. The van der Waals surface area contributed by atoms with Crippen molar-refractivity contribution in [3.8, 4) is 0 Å². The summed E-state index contributed by atoms with van der Waals surface area (Å²) in [7, 11) is 0. The highest BCUT2D eigenvalue weighted by Gasteiger charge is 2.23. The van der Waals surface area contributed by atoms with Gasteiger partial charge in [-0.1, -0.05) is 0 Å². The number of piperazine rings is 1. The van der Waals surface area contributed by atoms with Crippen LogP contribution in [0.3, 0.4) is 0 Å². The first-order chi connectivity index (χ1) is 8.42. The zero-order chi connectivity index (χ0) is 11.9. The Kier molecular flexibility index (Phi) is 5.38. The summed E-state index contributed by atoms with van der Waals surface area (Å²) in [5.41, 5.74) is 0. The second kappa shape index (κ2) is 7.06. The van der Waals surface area contributed by atoms with E-state index in [-0.39, 0.29) is 0 Å². The van der Waals surface area contributed by atoms with Crippen molar-refractivity contribution in [3.05, 3.63) is 16.6 Å². The van der Waals surface area contributed by atoms with Gasteiger partial charge in [-0.3, -0.25) is 4.90 Å². The zero-order valence-corrected chi connectivity index (χ0v) is 11.0. The average Bonchev–Trinajstić information content (AvgIpc) is 2.89. The topological polar surface area (TPSA) is 48.4 Å². The fraction of sp³-hybridized carbons (Fsp3) is 0.750. The van der Waals surface area contributed by atoms with Crippen LogP contribution in [0.5, 0.6) is 0 Å². The number of aromatic nitrogens is 1. The quantitative estimate of drug-likeness (QED) is 0.751. The number of unbranched alkanes of at least 4 members (excludes halogenated alkanes) is 1. The molecule has 17 heavy (non-hydrogen) atoms. The summed E-state index contributed by atoms with van der Waals surface area (Å²) in [5.74, 6) is 0. The molecule has 1 fully saturated rings. The van der Waals surface area contributed by atoms with E-state index in [9.17, 15) is 0 Å². The van der Waals surface area contributed by atoms with Crippen molar-refractivity contribution in [2.24, 2.45) is 0 Å². The molecule has 5 heteroatoms. The lowest BCUT2D eigenvalue weighted by Gasteiger charge is -2.33. The van der Waals surface area contributed by atoms with Crippen molar-refractivity contribution in [2.45, 2.75) is 25.3 Å². The summed E-state index contributed by atoms with van der Waals surface area (Å²) >= 11 is 1.75. The van der Waals surface area contributed by atoms with Gasteiger partial charge in [0.15, 0.2) is 0 Å². The molecular formula is C12H21N3OS. The van der Waals surface area contributed by atoms with E-state index in [1.165, 1.54) is 5.01 Å². The molecule has 2 heterocycles. The number of aliphatic hydroxyl groups excluding tert-OH is 1. The third kappa shape index (κ3) is 3.74. The Labute approximate surface area is 107 Å². The molecule has 0 amide bonds. The standard InChI is InChI=1S/C12H21N3OS/c16-9-2-1-3-11(12-14-6-10-17-12)15-7-4-13-5-8-15/h6,10-11,13,16H,1-5,7-9H2. The third-order valence-corrected chi connectivity index (χ3v) is 4.09. The maximum Gasteiger partial charge on any atom is 0.110 e. The van der Waals surface area contributed by atoms with Gasteiger partial charge < -0.3 is 10.4 Å². The minimum atomic E-state index is 0.298. The lowest BCUT2D eigenvalue weighted by atomic mass is 10.1. The van der Waals surface area contributed by atoms with E-state index < -0.39 is 0 Å². The first-order valence-electron chi connectivity index (χ1n) is 6.37. The Morgan fingerprint density at radius 3 is 2.88 bits per heavy atom. The van der Waals surface area contributed by atoms with Gasteiger partial charge in [-0.25, -0.2) is 4.98 Å². The molecular weight excluding hydrogens is 234 g/mol. The Morgan fingerprint density at radius 2 is 2.24 bits per heavy atom. The molecule has 4 nitrogen and oxygen atoms in total. The lowest BCUT2D eigenvalue weighted by Crippen LogP contribution is -2.45. The van der Waals surface area contributed by atoms with E-state index in [4.69, 9.17) is 5.11 Å². The highest BCUT2D eigenvalue weighted by Crippen LogP contribution is 2.27. The number of nitrogens with zero attached hydrogens (tertiary/aromatic N) is 2. The van der Waals surface area contributed by atoms with Crippen LogP contribution in [-0.4, -0.2) is 47.8 Å². The Balaban J connectivity index is 1.96. The van der Waals surface area contributed by atoms with Crippen LogP contribution in [0.4, 0.5) is 0 Å². The van der Waals surface area contributed by atoms with Crippen LogP contribution < -0.4 is 5.32 Å². The van der Waals surface area contributed by atoms with Crippen molar-refractivity contribution < 1.29 is 5.11 Å². The van der Waals surface area contributed by atoms with Gasteiger partial charge in [0, 0.05) is 44.4 Å². The van der Waals surface area contributed by atoms with E-state index in [0.717, 1.165) is 45.4 Å². The molecule has 1 aliphatic heterocycles. The number of thiazole rings is 1. The van der Waals surface area contributed by atoms with Gasteiger partial charge in [-0.05, 0) is 19.3 Å². The van der Waals surface area contributed by atoms with E-state index >= 15 is 0 Å². The smallest absolute Gasteiger partial charge is 0.110 e. The largest absolute Gasteiger partial charge is 0.396 e. The maximum absolute atomic E-state index is 8.88. The van der Waals surface area contributed by atoms with Gasteiger partial charge in [-0.2, -0.15) is 0 Å². The van der Waals surface area contributed by atoms with Crippen molar-refractivity contribution in [3.63, 3.8) is 0 Å². The molecule has 0 radical (unpaired) electrons. The van der Waals surface area contributed by atoms with Crippen LogP contribution in [0.2, 0.25) is 0 Å². The minimum Gasteiger partial charge on any atom is -0.396 e. The Bertz CT molecular complexity index is 299. The van der Waals surface area contributed by atoms with E-state index in [1.807, 2.05) is 6.20 Å². The van der Waals surface area contributed by atoms with Crippen LogP contribution in [-0.2, 0) is 0 Å². The Morgan fingerprint density at radius 1 is 1.41 bits per heavy atom. The first kappa shape index (κ1) is 13.0. The summed E-state index contributed by atoms with van der Waals surface area (Å²) in [5, 5.41) is 15.5. The fourth-order valence-electron chi connectivity index (χ4n) is 2.30. The zero-order valence-electron chi connectivity index (χ0n) is 10.1. The number of hydrogen-bond donors (Lipinski definition) is 2. The molecule has 2 N–H and O–H groups in total. The monoisotopic (exact) mass is 255 g/mol. The summed E-state index contributed by atoms with van der Waals surface area (Å²) in [4.78, 5) is 6.98. The second-order valence-electron chi connectivity index (χ2n) is 4.39. The molecule has 0 aromatic carbocycles. The van der Waals surface area contributed by atoms with Gasteiger partial charge in [-0.15, -0.1) is 11.3 Å². The molecule has 1 saturated heterocycles. The van der Waals surface area contributed by atoms with Crippen molar-refractivity contribution in [1.82, 2.24) is 15.2 Å². The summed E-state index contributed by atoms with van der Waals surface area (Å²) < 4.78 is 0. The predicted octanol–water partition coefficient (Wildman–Crippen LogP) is 1.25. The van der Waals surface area contributed by atoms with Gasteiger partial charge >= 0.3 is 0 Å². The maximum atomic E-state index is 8.88. The molecule has 1 aromatic heterocycles. The first-order valence-corrected chi connectivity index (χ1v) is 7.25. The van der Waals surface area contributed by atoms with Crippen LogP contribution in [0.25, 0.3) is 0 Å². The highest BCUT2D eigenvalue weighted by atomic mass is 32.1. The lowest BCUT2D eigenvalue weighted by molar-refractivity contribution is 0.159. The van der Waals surface area contributed by atoms with Crippen molar-refractivity contribution >= 4 is 11.3 Å². The normalized spacial score (nSPS) is 19.4. The van der Waals surface area contributed by atoms with Crippen LogP contribution in [0, 0.1) is 0 Å². The number of nitrogens with one attached hydrogen (secondary N) is 1. The molecule has 2 rings (SSSR count). The molecule has 1 atom stereocenters. The Hall–Kier alpha value is -0.490. The van der Waals surface area contributed by atoms with E-state index in [0.29, 0.717) is 12.6 Å². The summed E-state index contributed by atoms with van der Waals surface area (Å²) in [6, 6.07) is 0.448. The van der Waals surface area contributed by atoms with Gasteiger partial charge in [0.1, 0.15) is 5.01 Å². The van der Waals surface area contributed by atoms with Gasteiger partial charge in [0.2, 0.25) is 0 Å². The summed E-state index contributed by atoms with van der Waals surface area (Å²) in [6.45, 7) is 4.64. The molecule has 0 aliphatic carbocycles.